The number of hydrogen-bond donors (Lipinski definition) is 2. The van der Waals surface area contributed by atoms with E-state index in [-0.39, 0.29) is 0 Å². The summed E-state index contributed by atoms with van der Waals surface area (Å²) in [5.41, 5.74) is 1.21. The average Bonchev–Trinajstić information content (AvgIpc) is 2.63. The van der Waals surface area contributed by atoms with Gasteiger partial charge in [-0.15, -0.1) is 0 Å². The van der Waals surface area contributed by atoms with Crippen molar-refractivity contribution in [3.8, 4) is 5.75 Å². The molecule has 0 atom stereocenters. The number of morpholine rings is 1. The molecule has 0 unspecified atom stereocenters. The lowest BCUT2D eigenvalue weighted by Crippen LogP contribution is -2.39. The Morgan fingerprint density at radius 3 is 2.88 bits per heavy atom. The van der Waals surface area contributed by atoms with Crippen LogP contribution in [0.5, 0.6) is 5.75 Å². The molecule has 1 aliphatic heterocycles. The van der Waals surface area contributed by atoms with Gasteiger partial charge in [-0.1, -0.05) is 12.1 Å². The van der Waals surface area contributed by atoms with Gasteiger partial charge >= 0.3 is 0 Å². The molecule has 6 nitrogen and oxygen atoms in total. The van der Waals surface area contributed by atoms with Crippen molar-refractivity contribution in [2.24, 2.45) is 4.99 Å². The van der Waals surface area contributed by atoms with E-state index in [4.69, 9.17) is 9.47 Å². The molecule has 0 radical (unpaired) electrons. The molecule has 140 valence electrons. The van der Waals surface area contributed by atoms with Crippen LogP contribution in [0.1, 0.15) is 18.9 Å². The highest BCUT2D eigenvalue weighted by Gasteiger charge is 2.08. The lowest BCUT2D eigenvalue weighted by atomic mass is 10.2. The number of nitrogens with one attached hydrogen (secondary N) is 2. The van der Waals surface area contributed by atoms with Crippen molar-refractivity contribution >= 4 is 5.96 Å². The summed E-state index contributed by atoms with van der Waals surface area (Å²) in [5, 5.41) is 6.60. The van der Waals surface area contributed by atoms with Gasteiger partial charge in [0.25, 0.3) is 0 Å². The molecule has 1 aromatic carbocycles. The standard InChI is InChI=1S/C19H32N4O2/c1-3-20-19(21-8-5-10-23-11-14-24-15-12-23)22-9-13-25-18-7-4-6-17(2)16-18/h4,6-7,16H,3,5,8-15H2,1-2H3,(H2,20,21,22). The maximum atomic E-state index is 5.76. The second kappa shape index (κ2) is 11.7. The van der Waals surface area contributed by atoms with E-state index in [1.165, 1.54) is 5.56 Å². The van der Waals surface area contributed by atoms with E-state index in [0.29, 0.717) is 6.61 Å². The molecule has 2 N–H and O–H groups in total. The zero-order chi connectivity index (χ0) is 17.7. The molecule has 0 saturated carbocycles. The van der Waals surface area contributed by atoms with Crippen molar-refractivity contribution in [3.05, 3.63) is 29.8 Å². The van der Waals surface area contributed by atoms with Crippen LogP contribution in [0.25, 0.3) is 0 Å². The molecule has 0 aliphatic carbocycles. The molecule has 25 heavy (non-hydrogen) atoms. The zero-order valence-electron chi connectivity index (χ0n) is 15.6. The van der Waals surface area contributed by atoms with E-state index in [9.17, 15) is 0 Å². The Morgan fingerprint density at radius 2 is 2.12 bits per heavy atom. The van der Waals surface area contributed by atoms with Gasteiger partial charge in [-0.3, -0.25) is 9.89 Å². The molecule has 1 aliphatic rings. The number of benzene rings is 1. The number of aliphatic imine (C=N–C) groups is 1. The third-order valence-corrected chi connectivity index (χ3v) is 4.00. The Labute approximate surface area is 151 Å². The SMILES string of the molecule is CCNC(=NCCCN1CCOCC1)NCCOc1cccc(C)c1. The van der Waals surface area contributed by atoms with Gasteiger partial charge < -0.3 is 20.1 Å². The molecule has 0 spiro atoms. The molecule has 0 amide bonds. The van der Waals surface area contributed by atoms with Crippen molar-refractivity contribution in [1.82, 2.24) is 15.5 Å². The summed E-state index contributed by atoms with van der Waals surface area (Å²) in [6, 6.07) is 8.11. The van der Waals surface area contributed by atoms with E-state index in [0.717, 1.165) is 70.6 Å². The summed E-state index contributed by atoms with van der Waals surface area (Å²) >= 11 is 0. The topological polar surface area (TPSA) is 58.1 Å². The number of aryl methyl sites for hydroxylation is 1. The fourth-order valence-electron chi connectivity index (χ4n) is 2.70. The lowest BCUT2D eigenvalue weighted by molar-refractivity contribution is 0.0377. The van der Waals surface area contributed by atoms with Gasteiger partial charge in [0.2, 0.25) is 0 Å². The summed E-state index contributed by atoms with van der Waals surface area (Å²) in [5.74, 6) is 1.77. The first kappa shape index (κ1) is 19.5. The van der Waals surface area contributed by atoms with Gasteiger partial charge in [0.15, 0.2) is 5.96 Å². The Balaban J connectivity index is 1.63. The third-order valence-electron chi connectivity index (χ3n) is 4.00. The predicted molar refractivity (Wildman–Crippen MR) is 103 cm³/mol. The van der Waals surface area contributed by atoms with Crippen molar-refractivity contribution < 1.29 is 9.47 Å². The molecule has 1 fully saturated rings. The van der Waals surface area contributed by atoms with Gasteiger partial charge in [-0.2, -0.15) is 0 Å². The Bertz CT molecular complexity index is 516. The Kier molecular flexibility index (Phi) is 9.15. The van der Waals surface area contributed by atoms with Crippen LogP contribution in [0.2, 0.25) is 0 Å². The first-order valence-electron chi connectivity index (χ1n) is 9.29. The summed E-state index contributed by atoms with van der Waals surface area (Å²) in [6.07, 6.45) is 1.07. The molecular weight excluding hydrogens is 316 g/mol. The highest BCUT2D eigenvalue weighted by molar-refractivity contribution is 5.79. The minimum absolute atomic E-state index is 0.613. The Morgan fingerprint density at radius 1 is 1.28 bits per heavy atom. The fourth-order valence-corrected chi connectivity index (χ4v) is 2.70. The highest BCUT2D eigenvalue weighted by Crippen LogP contribution is 2.11. The van der Waals surface area contributed by atoms with Crippen molar-refractivity contribution in [1.29, 1.82) is 0 Å². The predicted octanol–water partition coefficient (Wildman–Crippen LogP) is 1.65. The monoisotopic (exact) mass is 348 g/mol. The second-order valence-electron chi connectivity index (χ2n) is 6.16. The number of rotatable bonds is 9. The summed E-state index contributed by atoms with van der Waals surface area (Å²) < 4.78 is 11.1. The molecule has 0 bridgehead atoms. The van der Waals surface area contributed by atoms with Crippen molar-refractivity contribution in [2.45, 2.75) is 20.3 Å². The third kappa shape index (κ3) is 8.23. The number of nitrogens with zero attached hydrogens (tertiary/aromatic N) is 2. The second-order valence-corrected chi connectivity index (χ2v) is 6.16. The maximum absolute atomic E-state index is 5.76. The average molecular weight is 348 g/mol. The molecule has 0 aromatic heterocycles. The molecule has 1 heterocycles. The van der Waals surface area contributed by atoms with Crippen LogP contribution >= 0.6 is 0 Å². The first-order valence-corrected chi connectivity index (χ1v) is 9.29. The van der Waals surface area contributed by atoms with E-state index in [1.807, 2.05) is 18.2 Å². The first-order chi connectivity index (χ1) is 12.3. The maximum Gasteiger partial charge on any atom is 0.191 e. The normalized spacial score (nSPS) is 15.8. The van der Waals surface area contributed by atoms with Crippen LogP contribution in [-0.4, -0.2) is 69.9 Å². The molecule has 2 rings (SSSR count). The zero-order valence-corrected chi connectivity index (χ0v) is 15.6. The van der Waals surface area contributed by atoms with Gasteiger partial charge in [0.05, 0.1) is 19.8 Å². The van der Waals surface area contributed by atoms with Gasteiger partial charge in [0.1, 0.15) is 12.4 Å². The molecule has 1 saturated heterocycles. The molecular formula is C19H32N4O2. The smallest absolute Gasteiger partial charge is 0.191 e. The van der Waals surface area contributed by atoms with E-state index >= 15 is 0 Å². The van der Waals surface area contributed by atoms with Crippen LogP contribution in [-0.2, 0) is 4.74 Å². The van der Waals surface area contributed by atoms with Crippen LogP contribution in [0.15, 0.2) is 29.3 Å². The van der Waals surface area contributed by atoms with Crippen LogP contribution in [0.3, 0.4) is 0 Å². The lowest BCUT2D eigenvalue weighted by Gasteiger charge is -2.26. The van der Waals surface area contributed by atoms with E-state index < -0.39 is 0 Å². The van der Waals surface area contributed by atoms with Gasteiger partial charge in [-0.05, 0) is 38.0 Å². The fraction of sp³-hybridized carbons (Fsp3) is 0.632. The number of hydrogen-bond acceptors (Lipinski definition) is 4. The summed E-state index contributed by atoms with van der Waals surface area (Å²) in [4.78, 5) is 7.08. The van der Waals surface area contributed by atoms with Crippen molar-refractivity contribution in [3.63, 3.8) is 0 Å². The van der Waals surface area contributed by atoms with E-state index in [2.05, 4.69) is 40.4 Å². The Hall–Kier alpha value is -1.79. The van der Waals surface area contributed by atoms with Crippen LogP contribution in [0.4, 0.5) is 0 Å². The molecule has 6 heteroatoms. The van der Waals surface area contributed by atoms with Gasteiger partial charge in [-0.25, -0.2) is 0 Å². The van der Waals surface area contributed by atoms with Crippen LogP contribution in [0, 0.1) is 6.92 Å². The highest BCUT2D eigenvalue weighted by atomic mass is 16.5. The summed E-state index contributed by atoms with van der Waals surface area (Å²) in [6.45, 7) is 12.0. The van der Waals surface area contributed by atoms with Crippen molar-refractivity contribution in [2.75, 3.05) is 59.1 Å². The number of guanidine groups is 1. The largest absolute Gasteiger partial charge is 0.492 e. The van der Waals surface area contributed by atoms with E-state index in [1.54, 1.807) is 0 Å². The molecule has 1 aromatic rings. The van der Waals surface area contributed by atoms with Crippen LogP contribution < -0.4 is 15.4 Å². The minimum atomic E-state index is 0.613. The minimum Gasteiger partial charge on any atom is -0.492 e. The quantitative estimate of drug-likeness (QED) is 0.404. The van der Waals surface area contributed by atoms with Gasteiger partial charge in [0, 0.05) is 32.7 Å². The summed E-state index contributed by atoms with van der Waals surface area (Å²) in [7, 11) is 0. The number of ether oxygens (including phenoxy) is 2.